The maximum atomic E-state index is 13.1. The number of ether oxygens (including phenoxy) is 2. The second kappa shape index (κ2) is 7.59. The normalized spacial score (nSPS) is 25.0. The lowest BCUT2D eigenvalue weighted by molar-refractivity contribution is -0.131. The first kappa shape index (κ1) is 18.0. The molecule has 0 aliphatic carbocycles. The Morgan fingerprint density at radius 2 is 2.04 bits per heavy atom. The van der Waals surface area contributed by atoms with Gasteiger partial charge in [0.25, 0.3) is 0 Å². The molecule has 2 fully saturated rings. The second-order valence-electron chi connectivity index (χ2n) is 6.71. The van der Waals surface area contributed by atoms with Crippen molar-refractivity contribution in [1.82, 2.24) is 19.8 Å². The zero-order valence-electron chi connectivity index (χ0n) is 14.7. The number of carbonyl (C=O) groups is 1. The summed E-state index contributed by atoms with van der Waals surface area (Å²) in [5.74, 6) is 0.0636. The van der Waals surface area contributed by atoms with E-state index in [1.807, 2.05) is 4.90 Å². The van der Waals surface area contributed by atoms with Crippen molar-refractivity contribution in [3.05, 3.63) is 18.2 Å². The van der Waals surface area contributed by atoms with E-state index in [0.29, 0.717) is 58.5 Å². The minimum absolute atomic E-state index is 0.0478. The lowest BCUT2D eigenvalue weighted by atomic mass is 10.0. The molecule has 0 bridgehead atoms. The number of likely N-dealkylation sites (N-methyl/N-ethyl adjacent to an activating group) is 1. The Bertz CT molecular complexity index is 600. The van der Waals surface area contributed by atoms with E-state index >= 15 is 0 Å². The number of hydrogen-bond donors (Lipinski definition) is 0. The molecule has 25 heavy (non-hydrogen) atoms. The molecule has 1 atom stereocenters. The Kier molecular flexibility index (Phi) is 5.45. The monoisotopic (exact) mass is 353 g/mol. The molecule has 0 saturated carbocycles. The first-order valence-corrected chi connectivity index (χ1v) is 8.34. The van der Waals surface area contributed by atoms with Crippen molar-refractivity contribution in [2.24, 2.45) is 0 Å². The summed E-state index contributed by atoms with van der Waals surface area (Å²) >= 11 is 0. The van der Waals surface area contributed by atoms with Gasteiger partial charge in [0.15, 0.2) is 5.82 Å². The number of hydrogen-bond acceptors (Lipinski definition) is 7. The van der Waals surface area contributed by atoms with E-state index in [0.717, 1.165) is 12.4 Å². The molecule has 0 unspecified atom stereocenters. The fraction of sp³-hybridized carbons (Fsp3) is 0.688. The molecule has 1 aromatic heterocycles. The van der Waals surface area contributed by atoms with E-state index in [1.165, 1.54) is 0 Å². The standard InChI is InChI=1S/C16H24FN5O3/c1-20(2)14(23)9-21-3-5-24-12-16(10-21)11-22(4-6-25-16)15-18-7-13(17)8-19-15/h7-8H,3-6,9-12H2,1-2H3/t16-/m0/s1. The number of halogens is 1. The van der Waals surface area contributed by atoms with Crippen molar-refractivity contribution in [3.63, 3.8) is 0 Å². The van der Waals surface area contributed by atoms with Gasteiger partial charge in [-0.2, -0.15) is 0 Å². The molecule has 2 saturated heterocycles. The highest BCUT2D eigenvalue weighted by atomic mass is 19.1. The molecule has 8 nitrogen and oxygen atoms in total. The smallest absolute Gasteiger partial charge is 0.236 e. The van der Waals surface area contributed by atoms with Gasteiger partial charge in [0.1, 0.15) is 5.60 Å². The molecule has 0 radical (unpaired) electrons. The SMILES string of the molecule is CN(C)C(=O)CN1CCOC[C@]2(C1)CN(c1ncc(F)cn1)CCO2. The second-order valence-corrected chi connectivity index (χ2v) is 6.71. The minimum Gasteiger partial charge on any atom is -0.377 e. The van der Waals surface area contributed by atoms with Crippen molar-refractivity contribution in [2.75, 3.05) is 71.5 Å². The zero-order valence-corrected chi connectivity index (χ0v) is 14.7. The van der Waals surface area contributed by atoms with Crippen molar-refractivity contribution < 1.29 is 18.7 Å². The molecular formula is C16H24FN5O3. The number of anilines is 1. The molecule has 0 aromatic carbocycles. The molecule has 0 N–H and O–H groups in total. The molecule has 3 heterocycles. The lowest BCUT2D eigenvalue weighted by Gasteiger charge is -2.43. The fourth-order valence-electron chi connectivity index (χ4n) is 3.12. The summed E-state index contributed by atoms with van der Waals surface area (Å²) in [7, 11) is 3.49. The Morgan fingerprint density at radius 3 is 2.76 bits per heavy atom. The average Bonchev–Trinajstić information content (AvgIpc) is 2.77. The van der Waals surface area contributed by atoms with Gasteiger partial charge in [-0.15, -0.1) is 0 Å². The molecule has 3 rings (SSSR count). The predicted molar refractivity (Wildman–Crippen MR) is 88.8 cm³/mol. The van der Waals surface area contributed by atoms with Gasteiger partial charge >= 0.3 is 0 Å². The summed E-state index contributed by atoms with van der Waals surface area (Å²) < 4.78 is 24.9. The van der Waals surface area contributed by atoms with Crippen molar-refractivity contribution in [1.29, 1.82) is 0 Å². The molecule has 138 valence electrons. The van der Waals surface area contributed by atoms with Crippen LogP contribution < -0.4 is 4.90 Å². The van der Waals surface area contributed by atoms with Crippen LogP contribution in [0.1, 0.15) is 0 Å². The Balaban J connectivity index is 1.71. The van der Waals surface area contributed by atoms with Crippen LogP contribution >= 0.6 is 0 Å². The highest BCUT2D eigenvalue weighted by molar-refractivity contribution is 5.77. The molecule has 9 heteroatoms. The third-order valence-electron chi connectivity index (χ3n) is 4.42. The van der Waals surface area contributed by atoms with E-state index in [4.69, 9.17) is 9.47 Å². The van der Waals surface area contributed by atoms with Crippen LogP contribution in [-0.4, -0.2) is 97.9 Å². The van der Waals surface area contributed by atoms with Crippen LogP contribution in [0.25, 0.3) is 0 Å². The van der Waals surface area contributed by atoms with Gasteiger partial charge < -0.3 is 19.3 Å². The fourth-order valence-corrected chi connectivity index (χ4v) is 3.12. The molecule has 1 aromatic rings. The predicted octanol–water partition coefficient (Wildman–Crippen LogP) is -0.388. The van der Waals surface area contributed by atoms with Crippen LogP contribution in [0.5, 0.6) is 0 Å². The summed E-state index contributed by atoms with van der Waals surface area (Å²) in [6, 6.07) is 0. The van der Waals surface area contributed by atoms with E-state index in [1.54, 1.807) is 19.0 Å². The summed E-state index contributed by atoms with van der Waals surface area (Å²) in [6.07, 6.45) is 2.33. The van der Waals surface area contributed by atoms with Crippen LogP contribution in [0.2, 0.25) is 0 Å². The molecule has 2 aliphatic heterocycles. The van der Waals surface area contributed by atoms with Crippen LogP contribution in [0.3, 0.4) is 0 Å². The number of amides is 1. The topological polar surface area (TPSA) is 71.0 Å². The largest absolute Gasteiger partial charge is 0.377 e. The van der Waals surface area contributed by atoms with Crippen LogP contribution in [0.4, 0.5) is 10.3 Å². The minimum atomic E-state index is -0.556. The summed E-state index contributed by atoms with van der Waals surface area (Å²) in [4.78, 5) is 25.8. The van der Waals surface area contributed by atoms with E-state index < -0.39 is 11.4 Å². The Morgan fingerprint density at radius 1 is 1.28 bits per heavy atom. The Labute approximate surface area is 146 Å². The maximum absolute atomic E-state index is 13.1. The number of rotatable bonds is 3. The van der Waals surface area contributed by atoms with Gasteiger partial charge in [0.05, 0.1) is 45.3 Å². The van der Waals surface area contributed by atoms with E-state index in [-0.39, 0.29) is 5.91 Å². The molecule has 2 aliphatic rings. The quantitative estimate of drug-likeness (QED) is 0.733. The van der Waals surface area contributed by atoms with Crippen LogP contribution in [0.15, 0.2) is 12.4 Å². The van der Waals surface area contributed by atoms with E-state index in [9.17, 15) is 9.18 Å². The first-order chi connectivity index (χ1) is 12.0. The summed E-state index contributed by atoms with van der Waals surface area (Å²) in [5.41, 5.74) is -0.556. The van der Waals surface area contributed by atoms with Gasteiger partial charge in [0, 0.05) is 33.7 Å². The van der Waals surface area contributed by atoms with Gasteiger partial charge in [-0.05, 0) is 0 Å². The third-order valence-corrected chi connectivity index (χ3v) is 4.42. The van der Waals surface area contributed by atoms with Gasteiger partial charge in [-0.3, -0.25) is 9.69 Å². The van der Waals surface area contributed by atoms with E-state index in [2.05, 4.69) is 14.9 Å². The number of carbonyl (C=O) groups excluding carboxylic acids is 1. The Hall–Kier alpha value is -1.84. The first-order valence-electron chi connectivity index (χ1n) is 8.34. The highest BCUT2D eigenvalue weighted by Gasteiger charge is 2.41. The van der Waals surface area contributed by atoms with Crippen LogP contribution in [-0.2, 0) is 14.3 Å². The average molecular weight is 353 g/mol. The van der Waals surface area contributed by atoms with Crippen molar-refractivity contribution in [3.8, 4) is 0 Å². The lowest BCUT2D eigenvalue weighted by Crippen LogP contribution is -2.59. The van der Waals surface area contributed by atoms with Crippen molar-refractivity contribution >= 4 is 11.9 Å². The van der Waals surface area contributed by atoms with Gasteiger partial charge in [-0.25, -0.2) is 14.4 Å². The zero-order chi connectivity index (χ0) is 17.9. The number of nitrogens with zero attached hydrogens (tertiary/aromatic N) is 5. The van der Waals surface area contributed by atoms with Gasteiger partial charge in [0.2, 0.25) is 11.9 Å². The number of morpholine rings is 1. The molecule has 1 amide bonds. The maximum Gasteiger partial charge on any atom is 0.236 e. The summed E-state index contributed by atoms with van der Waals surface area (Å²) in [5, 5.41) is 0. The third kappa shape index (κ3) is 4.42. The number of aromatic nitrogens is 2. The van der Waals surface area contributed by atoms with Gasteiger partial charge in [-0.1, -0.05) is 0 Å². The van der Waals surface area contributed by atoms with Crippen LogP contribution in [0, 0.1) is 5.82 Å². The molecular weight excluding hydrogens is 329 g/mol. The highest BCUT2D eigenvalue weighted by Crippen LogP contribution is 2.24. The van der Waals surface area contributed by atoms with Crippen molar-refractivity contribution in [2.45, 2.75) is 5.60 Å². The molecule has 1 spiro atoms. The summed E-state index contributed by atoms with van der Waals surface area (Å²) in [6.45, 7) is 4.25.